The Morgan fingerprint density at radius 2 is 1.57 bits per heavy atom. The number of anilines is 1. The van der Waals surface area contributed by atoms with Crippen LogP contribution in [-0.4, -0.2) is 50.0 Å². The SMILES string of the molecule is CC[C@@H](C)NC(=O)[C@@H](Cc1ccccc1)N(Cc1cccc(Cl)c1)C(=O)CN(c1ccc(Cl)cc1C)S(C)(=O)=O. The molecule has 0 unspecified atom stereocenters. The first-order valence-corrected chi connectivity index (χ1v) is 15.6. The van der Waals surface area contributed by atoms with Crippen LogP contribution < -0.4 is 9.62 Å². The monoisotopic (exact) mass is 603 g/mol. The lowest BCUT2D eigenvalue weighted by atomic mass is 10.0. The number of halogens is 2. The van der Waals surface area contributed by atoms with Crippen LogP contribution in [0.5, 0.6) is 0 Å². The average molecular weight is 605 g/mol. The molecule has 0 saturated carbocycles. The van der Waals surface area contributed by atoms with E-state index in [-0.39, 0.29) is 24.9 Å². The van der Waals surface area contributed by atoms with Crippen LogP contribution in [0, 0.1) is 6.92 Å². The van der Waals surface area contributed by atoms with Crippen LogP contribution in [0.4, 0.5) is 5.69 Å². The van der Waals surface area contributed by atoms with E-state index in [0.717, 1.165) is 16.1 Å². The molecule has 3 aromatic rings. The smallest absolute Gasteiger partial charge is 0.244 e. The van der Waals surface area contributed by atoms with Gasteiger partial charge in [-0.25, -0.2) is 8.42 Å². The molecule has 40 heavy (non-hydrogen) atoms. The van der Waals surface area contributed by atoms with E-state index in [0.29, 0.717) is 33.3 Å². The Morgan fingerprint density at radius 3 is 2.17 bits per heavy atom. The average Bonchev–Trinajstić information content (AvgIpc) is 2.89. The lowest BCUT2D eigenvalue weighted by Gasteiger charge is -2.34. The minimum absolute atomic E-state index is 0.0576. The van der Waals surface area contributed by atoms with E-state index >= 15 is 0 Å². The van der Waals surface area contributed by atoms with Crippen molar-refractivity contribution in [2.45, 2.75) is 52.2 Å². The quantitative estimate of drug-likeness (QED) is 0.291. The Kier molecular flexibility index (Phi) is 11.0. The highest BCUT2D eigenvalue weighted by atomic mass is 35.5. The Balaban J connectivity index is 2.08. The van der Waals surface area contributed by atoms with E-state index in [1.165, 1.54) is 4.90 Å². The summed E-state index contributed by atoms with van der Waals surface area (Å²) in [4.78, 5) is 29.2. The van der Waals surface area contributed by atoms with Crippen LogP contribution in [0.3, 0.4) is 0 Å². The van der Waals surface area contributed by atoms with Gasteiger partial charge in [-0.1, -0.05) is 72.6 Å². The molecule has 0 aliphatic rings. The van der Waals surface area contributed by atoms with E-state index in [2.05, 4.69) is 5.32 Å². The van der Waals surface area contributed by atoms with Gasteiger partial charge in [0.05, 0.1) is 11.9 Å². The molecule has 3 rings (SSSR count). The summed E-state index contributed by atoms with van der Waals surface area (Å²) >= 11 is 12.3. The summed E-state index contributed by atoms with van der Waals surface area (Å²) < 4.78 is 26.9. The molecule has 2 atom stereocenters. The minimum atomic E-state index is -3.87. The summed E-state index contributed by atoms with van der Waals surface area (Å²) in [5, 5.41) is 3.95. The van der Waals surface area contributed by atoms with Gasteiger partial charge in [0.2, 0.25) is 21.8 Å². The number of carbonyl (C=O) groups excluding carboxylic acids is 2. The molecule has 0 heterocycles. The van der Waals surface area contributed by atoms with E-state index in [1.807, 2.05) is 50.2 Å². The largest absolute Gasteiger partial charge is 0.352 e. The topological polar surface area (TPSA) is 86.8 Å². The second-order valence-electron chi connectivity index (χ2n) is 9.88. The number of rotatable bonds is 12. The molecule has 0 saturated heterocycles. The summed E-state index contributed by atoms with van der Waals surface area (Å²) in [6.07, 6.45) is 2.00. The van der Waals surface area contributed by atoms with Crippen molar-refractivity contribution in [2.75, 3.05) is 17.1 Å². The predicted molar refractivity (Wildman–Crippen MR) is 162 cm³/mol. The molecule has 7 nitrogen and oxygen atoms in total. The van der Waals surface area contributed by atoms with E-state index in [9.17, 15) is 18.0 Å². The van der Waals surface area contributed by atoms with Crippen molar-refractivity contribution in [3.63, 3.8) is 0 Å². The molecule has 10 heteroatoms. The maximum absolute atomic E-state index is 14.1. The van der Waals surface area contributed by atoms with Gasteiger partial charge in [0, 0.05) is 29.1 Å². The number of hydrogen-bond acceptors (Lipinski definition) is 4. The van der Waals surface area contributed by atoms with Gasteiger partial charge in [-0.3, -0.25) is 13.9 Å². The Bertz CT molecular complexity index is 1430. The maximum Gasteiger partial charge on any atom is 0.244 e. The molecule has 0 aliphatic heterocycles. The normalized spacial score (nSPS) is 12.8. The maximum atomic E-state index is 14.1. The number of aryl methyl sites for hydroxylation is 1. The molecule has 0 aliphatic carbocycles. The van der Waals surface area contributed by atoms with E-state index in [1.54, 1.807) is 43.3 Å². The predicted octanol–water partition coefficient (Wildman–Crippen LogP) is 5.62. The molecule has 0 bridgehead atoms. The molecule has 214 valence electrons. The molecule has 2 amide bonds. The fourth-order valence-corrected chi connectivity index (χ4v) is 5.67. The first-order valence-electron chi connectivity index (χ1n) is 13.0. The number of benzene rings is 3. The summed E-state index contributed by atoms with van der Waals surface area (Å²) in [5.74, 6) is -0.845. The fourth-order valence-electron chi connectivity index (χ4n) is 4.32. The van der Waals surface area contributed by atoms with Gasteiger partial charge >= 0.3 is 0 Å². The summed E-state index contributed by atoms with van der Waals surface area (Å²) in [7, 11) is -3.87. The molecule has 0 radical (unpaired) electrons. The molecule has 0 fully saturated rings. The van der Waals surface area contributed by atoms with Gasteiger partial charge in [0.1, 0.15) is 12.6 Å². The Labute approximate surface area is 247 Å². The van der Waals surface area contributed by atoms with E-state index < -0.39 is 28.5 Å². The number of nitrogens with zero attached hydrogens (tertiary/aromatic N) is 2. The zero-order valence-electron chi connectivity index (χ0n) is 23.1. The van der Waals surface area contributed by atoms with Gasteiger partial charge in [-0.05, 0) is 67.3 Å². The number of amides is 2. The molecule has 1 N–H and O–H groups in total. The first-order chi connectivity index (χ1) is 18.9. The highest BCUT2D eigenvalue weighted by Gasteiger charge is 2.33. The summed E-state index contributed by atoms with van der Waals surface area (Å²) in [6.45, 7) is 5.15. The van der Waals surface area contributed by atoms with Gasteiger partial charge in [-0.15, -0.1) is 0 Å². The van der Waals surface area contributed by atoms with Crippen molar-refractivity contribution in [3.8, 4) is 0 Å². The van der Waals surface area contributed by atoms with Gasteiger partial charge < -0.3 is 10.2 Å². The van der Waals surface area contributed by atoms with Crippen molar-refractivity contribution in [3.05, 3.63) is 99.5 Å². The molecular formula is C30H35Cl2N3O4S. The van der Waals surface area contributed by atoms with Crippen LogP contribution in [0.2, 0.25) is 10.0 Å². The zero-order valence-corrected chi connectivity index (χ0v) is 25.4. The highest BCUT2D eigenvalue weighted by molar-refractivity contribution is 7.92. The van der Waals surface area contributed by atoms with Crippen LogP contribution in [-0.2, 0) is 32.6 Å². The van der Waals surface area contributed by atoms with Crippen molar-refractivity contribution in [2.24, 2.45) is 0 Å². The number of nitrogens with one attached hydrogen (secondary N) is 1. The molecule has 0 spiro atoms. The fraction of sp³-hybridized carbons (Fsp3) is 0.333. The van der Waals surface area contributed by atoms with E-state index in [4.69, 9.17) is 23.2 Å². The second kappa shape index (κ2) is 14.0. The summed E-state index contributed by atoms with van der Waals surface area (Å²) in [6, 6.07) is 20.2. The zero-order chi connectivity index (χ0) is 29.4. The Hall–Kier alpha value is -3.07. The van der Waals surface area contributed by atoms with Gasteiger partial charge in [-0.2, -0.15) is 0 Å². The number of sulfonamides is 1. The van der Waals surface area contributed by atoms with Gasteiger partial charge in [0.15, 0.2) is 0 Å². The third-order valence-corrected chi connectivity index (χ3v) is 8.22. The third-order valence-electron chi connectivity index (χ3n) is 6.62. The molecule has 3 aromatic carbocycles. The van der Waals surface area contributed by atoms with Crippen molar-refractivity contribution in [1.29, 1.82) is 0 Å². The Morgan fingerprint density at radius 1 is 0.925 bits per heavy atom. The number of hydrogen-bond donors (Lipinski definition) is 1. The highest BCUT2D eigenvalue weighted by Crippen LogP contribution is 2.26. The minimum Gasteiger partial charge on any atom is -0.352 e. The lowest BCUT2D eigenvalue weighted by Crippen LogP contribution is -2.54. The standard InChI is InChI=1S/C30H35Cl2N3O4S/c1-5-22(3)33-30(37)28(18-23-10-7-6-8-11-23)34(19-24-12-9-13-25(31)17-24)29(36)20-35(40(4,38)39)27-15-14-26(32)16-21(27)2/h6-17,22,28H,5,18-20H2,1-4H3,(H,33,37)/t22-,28-/m1/s1. The summed E-state index contributed by atoms with van der Waals surface area (Å²) in [5.41, 5.74) is 2.52. The lowest BCUT2D eigenvalue weighted by molar-refractivity contribution is -0.140. The van der Waals surface area contributed by atoms with Crippen LogP contribution >= 0.6 is 23.2 Å². The first kappa shape index (κ1) is 31.5. The van der Waals surface area contributed by atoms with Crippen molar-refractivity contribution in [1.82, 2.24) is 10.2 Å². The molecule has 0 aromatic heterocycles. The third kappa shape index (κ3) is 8.71. The van der Waals surface area contributed by atoms with Gasteiger partial charge in [0.25, 0.3) is 0 Å². The van der Waals surface area contributed by atoms with Crippen molar-refractivity contribution >= 4 is 50.7 Å². The second-order valence-corrected chi connectivity index (χ2v) is 12.7. The van der Waals surface area contributed by atoms with Crippen molar-refractivity contribution < 1.29 is 18.0 Å². The van der Waals surface area contributed by atoms with Crippen LogP contribution in [0.15, 0.2) is 72.8 Å². The molecular weight excluding hydrogens is 569 g/mol. The number of carbonyl (C=O) groups is 2. The van der Waals surface area contributed by atoms with Crippen LogP contribution in [0.1, 0.15) is 37.0 Å². The van der Waals surface area contributed by atoms with Crippen LogP contribution in [0.25, 0.3) is 0 Å².